The van der Waals surface area contributed by atoms with E-state index in [1.807, 2.05) is 52.9 Å². The Morgan fingerprint density at radius 1 is 1.16 bits per heavy atom. The van der Waals surface area contributed by atoms with Crippen molar-refractivity contribution in [3.63, 3.8) is 0 Å². The van der Waals surface area contributed by atoms with Gasteiger partial charge in [-0.2, -0.15) is 5.10 Å². The second kappa shape index (κ2) is 8.35. The Balaban J connectivity index is 1.31. The van der Waals surface area contributed by atoms with Gasteiger partial charge in [-0.3, -0.25) is 9.89 Å². The smallest absolute Gasteiger partial charge is 0.339 e. The maximum absolute atomic E-state index is 13.2. The monoisotopic (exact) mass is 448 g/mol. The maximum Gasteiger partial charge on any atom is 0.339 e. The van der Waals surface area contributed by atoms with Gasteiger partial charge in [-0.05, 0) is 54.4 Å². The van der Waals surface area contributed by atoms with Crippen LogP contribution in [0.1, 0.15) is 62.5 Å². The average molecular weight is 449 g/mol. The first-order chi connectivity index (χ1) is 15.5. The summed E-state index contributed by atoms with van der Waals surface area (Å²) < 4.78 is 8.15. The molecule has 1 saturated heterocycles. The third kappa shape index (κ3) is 3.75. The molecule has 5 rings (SSSR count). The lowest BCUT2D eigenvalue weighted by Crippen LogP contribution is -2.38. The Morgan fingerprint density at radius 3 is 2.59 bits per heavy atom. The highest BCUT2D eigenvalue weighted by Crippen LogP contribution is 2.32. The minimum absolute atomic E-state index is 0.00295. The molecule has 2 aliphatic rings. The van der Waals surface area contributed by atoms with Gasteiger partial charge in [0.1, 0.15) is 11.9 Å². The number of H-pyrrole nitrogens is 1. The summed E-state index contributed by atoms with van der Waals surface area (Å²) in [6.45, 7) is 1.32. The molecule has 1 aromatic heterocycles. The van der Waals surface area contributed by atoms with Gasteiger partial charge in [-0.15, -0.1) is 0 Å². The number of benzene rings is 2. The quantitative estimate of drug-likeness (QED) is 0.485. The van der Waals surface area contributed by atoms with Gasteiger partial charge in [0, 0.05) is 38.0 Å². The highest BCUT2D eigenvalue weighted by Gasteiger charge is 2.30. The normalized spacial score (nSPS) is 18.8. The molecular weight excluding hydrogens is 424 g/mol. The molecule has 8 heteroatoms. The van der Waals surface area contributed by atoms with Crippen molar-refractivity contribution in [2.45, 2.75) is 31.3 Å². The molecule has 2 aromatic carbocycles. The number of amides is 1. The number of aromatic amines is 1. The molecule has 1 fully saturated rings. The molecular formula is C24H24N4O3S. The SMILES string of the molecule is Cn1c(C2CCN(C(=O)c3ccc4c(c3)CC(c3ccccc3)OC4=O)CC2)n[nH]c1=S. The highest BCUT2D eigenvalue weighted by molar-refractivity contribution is 7.71. The van der Waals surface area contributed by atoms with Gasteiger partial charge in [-0.1, -0.05) is 30.3 Å². The number of aromatic nitrogens is 3. The number of likely N-dealkylation sites (tertiary alicyclic amines) is 1. The standard InChI is InChI=1S/C24H24N4O3S/c1-27-21(25-26-24(27)32)16-9-11-28(12-10-16)22(29)17-7-8-19-18(13-17)14-20(31-23(19)30)15-5-3-2-4-6-15/h2-8,13,16,20H,9-12,14H2,1H3,(H,26,32). The Morgan fingerprint density at radius 2 is 1.91 bits per heavy atom. The predicted molar refractivity (Wildman–Crippen MR) is 121 cm³/mol. The van der Waals surface area contributed by atoms with Crippen molar-refractivity contribution in [3.05, 3.63) is 81.4 Å². The molecule has 1 atom stereocenters. The van der Waals surface area contributed by atoms with Crippen LogP contribution in [-0.4, -0.2) is 44.6 Å². The first-order valence-corrected chi connectivity index (χ1v) is 11.2. The van der Waals surface area contributed by atoms with E-state index in [-0.39, 0.29) is 23.9 Å². The molecule has 3 heterocycles. The van der Waals surface area contributed by atoms with E-state index in [1.165, 1.54) is 0 Å². The lowest BCUT2D eigenvalue weighted by molar-refractivity contribution is 0.0252. The number of nitrogens with one attached hydrogen (secondary N) is 1. The van der Waals surface area contributed by atoms with Gasteiger partial charge in [0.15, 0.2) is 4.77 Å². The van der Waals surface area contributed by atoms with Crippen molar-refractivity contribution in [1.82, 2.24) is 19.7 Å². The van der Waals surface area contributed by atoms with Crippen molar-refractivity contribution in [2.24, 2.45) is 7.05 Å². The Labute approximate surface area is 191 Å². The van der Waals surface area contributed by atoms with E-state index in [0.29, 0.717) is 35.4 Å². The number of carbonyl (C=O) groups excluding carboxylic acids is 2. The average Bonchev–Trinajstić information content (AvgIpc) is 3.17. The first-order valence-electron chi connectivity index (χ1n) is 10.8. The van der Waals surface area contributed by atoms with Crippen LogP contribution in [0.2, 0.25) is 0 Å². The fourth-order valence-corrected chi connectivity index (χ4v) is 4.77. The van der Waals surface area contributed by atoms with Crippen LogP contribution < -0.4 is 0 Å². The predicted octanol–water partition coefficient (Wildman–Crippen LogP) is 3.95. The summed E-state index contributed by atoms with van der Waals surface area (Å²) in [5.74, 6) is 0.882. The molecule has 1 unspecified atom stereocenters. The Hall–Kier alpha value is -3.26. The number of nitrogens with zero attached hydrogens (tertiary/aromatic N) is 3. The number of piperidine rings is 1. The zero-order valence-electron chi connectivity index (χ0n) is 17.8. The number of esters is 1. The molecule has 0 bridgehead atoms. The van der Waals surface area contributed by atoms with Gasteiger partial charge in [-0.25, -0.2) is 4.79 Å². The van der Waals surface area contributed by atoms with Crippen LogP contribution >= 0.6 is 12.2 Å². The second-order valence-electron chi connectivity index (χ2n) is 8.39. The number of fused-ring (bicyclic) bond motifs is 1. The molecule has 0 saturated carbocycles. The molecule has 2 aliphatic heterocycles. The van der Waals surface area contributed by atoms with Gasteiger partial charge in [0.2, 0.25) is 0 Å². The largest absolute Gasteiger partial charge is 0.454 e. The zero-order chi connectivity index (χ0) is 22.2. The minimum atomic E-state index is -0.340. The third-order valence-corrected chi connectivity index (χ3v) is 6.82. The minimum Gasteiger partial charge on any atom is -0.454 e. The fraction of sp³-hybridized carbons (Fsp3) is 0.333. The molecule has 7 nitrogen and oxygen atoms in total. The number of hydrogen-bond donors (Lipinski definition) is 1. The zero-order valence-corrected chi connectivity index (χ0v) is 18.6. The van der Waals surface area contributed by atoms with E-state index in [1.54, 1.807) is 12.1 Å². The van der Waals surface area contributed by atoms with Crippen molar-refractivity contribution in [3.8, 4) is 0 Å². The lowest BCUT2D eigenvalue weighted by atomic mass is 9.92. The Kier molecular flexibility index (Phi) is 5.38. The molecule has 32 heavy (non-hydrogen) atoms. The number of hydrogen-bond acceptors (Lipinski definition) is 5. The molecule has 0 radical (unpaired) electrons. The van der Waals surface area contributed by atoms with Crippen molar-refractivity contribution >= 4 is 24.1 Å². The van der Waals surface area contributed by atoms with E-state index >= 15 is 0 Å². The van der Waals surface area contributed by atoms with Crippen LogP contribution in [0, 0.1) is 4.77 Å². The summed E-state index contributed by atoms with van der Waals surface area (Å²) in [5.41, 5.74) is 2.97. The van der Waals surface area contributed by atoms with Crippen molar-refractivity contribution in [1.29, 1.82) is 0 Å². The number of rotatable bonds is 3. The molecule has 164 valence electrons. The molecule has 0 aliphatic carbocycles. The number of cyclic esters (lactones) is 1. The van der Waals surface area contributed by atoms with Crippen LogP contribution in [-0.2, 0) is 18.2 Å². The lowest BCUT2D eigenvalue weighted by Gasteiger charge is -2.32. The summed E-state index contributed by atoms with van der Waals surface area (Å²) in [4.78, 5) is 27.6. The molecule has 0 spiro atoms. The summed E-state index contributed by atoms with van der Waals surface area (Å²) >= 11 is 5.22. The van der Waals surface area contributed by atoms with Crippen molar-refractivity contribution in [2.75, 3.05) is 13.1 Å². The second-order valence-corrected chi connectivity index (χ2v) is 8.78. The molecule has 1 N–H and O–H groups in total. The van der Waals surface area contributed by atoms with Crippen LogP contribution in [0.15, 0.2) is 48.5 Å². The van der Waals surface area contributed by atoms with E-state index < -0.39 is 0 Å². The molecule has 1 amide bonds. The first kappa shape index (κ1) is 20.6. The van der Waals surface area contributed by atoms with E-state index in [4.69, 9.17) is 17.0 Å². The summed E-state index contributed by atoms with van der Waals surface area (Å²) in [6, 6.07) is 15.0. The van der Waals surface area contributed by atoms with E-state index in [9.17, 15) is 9.59 Å². The van der Waals surface area contributed by atoms with Crippen LogP contribution in [0.25, 0.3) is 0 Å². The van der Waals surface area contributed by atoms with E-state index in [2.05, 4.69) is 10.2 Å². The molecule has 3 aromatic rings. The topological polar surface area (TPSA) is 80.2 Å². The van der Waals surface area contributed by atoms with Gasteiger partial charge in [0.25, 0.3) is 5.91 Å². The van der Waals surface area contributed by atoms with Crippen LogP contribution in [0.5, 0.6) is 0 Å². The van der Waals surface area contributed by atoms with Crippen LogP contribution in [0.3, 0.4) is 0 Å². The van der Waals surface area contributed by atoms with Gasteiger partial charge >= 0.3 is 5.97 Å². The summed E-state index contributed by atoms with van der Waals surface area (Å²) in [7, 11) is 1.92. The summed E-state index contributed by atoms with van der Waals surface area (Å²) in [6.07, 6.45) is 1.91. The Bertz CT molecular complexity index is 1230. The summed E-state index contributed by atoms with van der Waals surface area (Å²) in [5, 5.41) is 7.19. The highest BCUT2D eigenvalue weighted by atomic mass is 32.1. The van der Waals surface area contributed by atoms with E-state index in [0.717, 1.165) is 29.8 Å². The van der Waals surface area contributed by atoms with Gasteiger partial charge < -0.3 is 14.2 Å². The van der Waals surface area contributed by atoms with Crippen LogP contribution in [0.4, 0.5) is 0 Å². The van der Waals surface area contributed by atoms with Gasteiger partial charge in [0.05, 0.1) is 5.56 Å². The number of ether oxygens (including phenoxy) is 1. The maximum atomic E-state index is 13.2. The van der Waals surface area contributed by atoms with Crippen molar-refractivity contribution < 1.29 is 14.3 Å². The third-order valence-electron chi connectivity index (χ3n) is 6.46. The fourth-order valence-electron chi connectivity index (χ4n) is 4.63. The number of carbonyl (C=O) groups is 2.